The number of carboxylic acid groups (broad SMARTS) is 1. The quantitative estimate of drug-likeness (QED) is 0.307. The highest BCUT2D eigenvalue weighted by molar-refractivity contribution is 7.12. The fourth-order valence-electron chi connectivity index (χ4n) is 5.27. The Balaban J connectivity index is 1.27. The van der Waals surface area contributed by atoms with Gasteiger partial charge in [-0.2, -0.15) is 13.2 Å². The van der Waals surface area contributed by atoms with Gasteiger partial charge in [-0.1, -0.05) is 42.0 Å². The van der Waals surface area contributed by atoms with Crippen molar-refractivity contribution >= 4 is 22.9 Å². The molecule has 0 unspecified atom stereocenters. The minimum Gasteiger partial charge on any atom is -0.488 e. The van der Waals surface area contributed by atoms with Gasteiger partial charge < -0.3 is 9.84 Å². The van der Waals surface area contributed by atoms with E-state index in [-0.39, 0.29) is 25.3 Å². The van der Waals surface area contributed by atoms with E-state index in [4.69, 9.17) is 4.74 Å². The Morgan fingerprint density at radius 2 is 1.82 bits per heavy atom. The highest BCUT2D eigenvalue weighted by Crippen LogP contribution is 2.43. The van der Waals surface area contributed by atoms with Crippen LogP contribution in [0.15, 0.2) is 60.2 Å². The number of thiophene rings is 1. The summed E-state index contributed by atoms with van der Waals surface area (Å²) < 4.78 is 60.2. The van der Waals surface area contributed by atoms with Crippen LogP contribution in [0.2, 0.25) is 0 Å². The number of likely N-dealkylation sites (tertiary alicyclic amines) is 1. The van der Waals surface area contributed by atoms with Crippen molar-refractivity contribution in [2.75, 3.05) is 26.3 Å². The standard InChI is InChI=1S/C29H27F4NO3S/c1-18-21(13-34-16-28(15-30,17-34)27(35)36)8-7-20-11-22(9-10-24(18)20)37-14-23-12-25(19-5-3-2-4-6-19)26(38-23)29(31,32)33/h2-6,9-12H,7-8,13-17H2,1H3,(H,35,36). The number of aliphatic carboxylic acids is 1. The van der Waals surface area contributed by atoms with Crippen LogP contribution < -0.4 is 4.74 Å². The number of alkyl halides is 4. The molecule has 2 heterocycles. The van der Waals surface area contributed by atoms with Crippen LogP contribution in [0.4, 0.5) is 17.6 Å². The predicted molar refractivity (Wildman–Crippen MR) is 139 cm³/mol. The number of fused-ring (bicyclic) bond motifs is 1. The number of allylic oxidation sites excluding steroid dienone is 1. The van der Waals surface area contributed by atoms with E-state index in [0.717, 1.165) is 29.5 Å². The number of hydrogen-bond donors (Lipinski definition) is 1. The molecule has 0 radical (unpaired) electrons. The van der Waals surface area contributed by atoms with Gasteiger partial charge >= 0.3 is 12.1 Å². The third-order valence-corrected chi connectivity index (χ3v) is 8.54. The Kier molecular flexibility index (Phi) is 7.09. The molecule has 0 saturated carbocycles. The van der Waals surface area contributed by atoms with Gasteiger partial charge in [0.2, 0.25) is 0 Å². The molecular formula is C29H27F4NO3S. The highest BCUT2D eigenvalue weighted by Gasteiger charge is 2.50. The van der Waals surface area contributed by atoms with Crippen LogP contribution in [0.25, 0.3) is 16.7 Å². The molecule has 3 aromatic rings. The minimum atomic E-state index is -4.45. The van der Waals surface area contributed by atoms with Crippen molar-refractivity contribution in [2.45, 2.75) is 32.5 Å². The topological polar surface area (TPSA) is 49.8 Å². The first kappa shape index (κ1) is 26.4. The average Bonchev–Trinajstić information content (AvgIpc) is 3.31. The molecule has 0 spiro atoms. The monoisotopic (exact) mass is 545 g/mol. The molecule has 2 aromatic carbocycles. The Hall–Kier alpha value is -3.17. The zero-order valence-electron chi connectivity index (χ0n) is 20.8. The summed E-state index contributed by atoms with van der Waals surface area (Å²) in [4.78, 5) is 13.2. The van der Waals surface area contributed by atoms with E-state index in [1.165, 1.54) is 5.57 Å². The Morgan fingerprint density at radius 3 is 2.47 bits per heavy atom. The molecule has 1 fully saturated rings. The Morgan fingerprint density at radius 1 is 1.08 bits per heavy atom. The van der Waals surface area contributed by atoms with Gasteiger partial charge in [-0.05, 0) is 60.2 Å². The molecule has 0 atom stereocenters. The average molecular weight is 546 g/mol. The van der Waals surface area contributed by atoms with Gasteiger partial charge in [0.1, 0.15) is 29.3 Å². The molecule has 0 amide bonds. The molecule has 9 heteroatoms. The number of benzene rings is 2. The van der Waals surface area contributed by atoms with E-state index in [9.17, 15) is 27.5 Å². The lowest BCUT2D eigenvalue weighted by atomic mass is 9.79. The predicted octanol–water partition coefficient (Wildman–Crippen LogP) is 7.09. The van der Waals surface area contributed by atoms with E-state index < -0.39 is 29.1 Å². The molecule has 1 aliphatic heterocycles. The second-order valence-corrected chi connectivity index (χ2v) is 11.2. The molecule has 0 bridgehead atoms. The summed E-state index contributed by atoms with van der Waals surface area (Å²) in [6.07, 6.45) is -2.87. The molecule has 1 aromatic heterocycles. The molecular weight excluding hydrogens is 518 g/mol. The minimum absolute atomic E-state index is 0.0360. The van der Waals surface area contributed by atoms with Crippen molar-refractivity contribution in [2.24, 2.45) is 5.41 Å². The number of carboxylic acids is 1. The number of ether oxygens (including phenoxy) is 1. The lowest BCUT2D eigenvalue weighted by Crippen LogP contribution is -2.62. The molecule has 1 aliphatic carbocycles. The lowest BCUT2D eigenvalue weighted by Gasteiger charge is -2.46. The van der Waals surface area contributed by atoms with E-state index in [0.29, 0.717) is 34.1 Å². The highest BCUT2D eigenvalue weighted by atomic mass is 32.1. The van der Waals surface area contributed by atoms with Crippen molar-refractivity contribution in [3.05, 3.63) is 81.1 Å². The second-order valence-electron chi connectivity index (χ2n) is 10.0. The van der Waals surface area contributed by atoms with Gasteiger partial charge in [-0.15, -0.1) is 11.3 Å². The number of halogens is 4. The maximum absolute atomic E-state index is 13.7. The molecule has 2 aliphatic rings. The summed E-state index contributed by atoms with van der Waals surface area (Å²) in [5, 5.41) is 9.29. The van der Waals surface area contributed by atoms with E-state index in [1.54, 1.807) is 36.4 Å². The van der Waals surface area contributed by atoms with Gasteiger partial charge in [0.05, 0.1) is 0 Å². The molecule has 4 nitrogen and oxygen atoms in total. The third kappa shape index (κ3) is 5.09. The van der Waals surface area contributed by atoms with Crippen LogP contribution in [0.1, 0.15) is 34.2 Å². The summed E-state index contributed by atoms with van der Waals surface area (Å²) in [6, 6.07) is 15.8. The van der Waals surface area contributed by atoms with E-state index in [2.05, 4.69) is 0 Å². The number of hydrogen-bond acceptors (Lipinski definition) is 4. The summed E-state index contributed by atoms with van der Waals surface area (Å²) >= 11 is 0.704. The normalized spacial score (nSPS) is 17.2. The first-order valence-corrected chi connectivity index (χ1v) is 13.1. The first-order valence-electron chi connectivity index (χ1n) is 12.3. The van der Waals surface area contributed by atoms with Gasteiger partial charge in [0, 0.05) is 30.1 Å². The van der Waals surface area contributed by atoms with Crippen LogP contribution >= 0.6 is 11.3 Å². The molecule has 1 saturated heterocycles. The van der Waals surface area contributed by atoms with E-state index >= 15 is 0 Å². The lowest BCUT2D eigenvalue weighted by molar-refractivity contribution is -0.162. The maximum Gasteiger partial charge on any atom is 0.426 e. The zero-order valence-corrected chi connectivity index (χ0v) is 21.6. The van der Waals surface area contributed by atoms with Crippen LogP contribution in [0.3, 0.4) is 0 Å². The van der Waals surface area contributed by atoms with Crippen molar-refractivity contribution in [3.63, 3.8) is 0 Å². The summed E-state index contributed by atoms with van der Waals surface area (Å²) in [7, 11) is 0. The molecule has 38 heavy (non-hydrogen) atoms. The zero-order chi connectivity index (χ0) is 27.1. The van der Waals surface area contributed by atoms with Crippen LogP contribution in [-0.2, 0) is 24.0 Å². The van der Waals surface area contributed by atoms with Crippen LogP contribution in [0, 0.1) is 5.41 Å². The van der Waals surface area contributed by atoms with Gasteiger partial charge in [0.25, 0.3) is 0 Å². The van der Waals surface area contributed by atoms with Crippen molar-refractivity contribution < 1.29 is 32.2 Å². The van der Waals surface area contributed by atoms with Crippen LogP contribution in [-0.4, -0.2) is 42.3 Å². The largest absolute Gasteiger partial charge is 0.488 e. The first-order chi connectivity index (χ1) is 18.1. The van der Waals surface area contributed by atoms with Gasteiger partial charge in [-0.3, -0.25) is 9.69 Å². The number of rotatable bonds is 8. The maximum atomic E-state index is 13.7. The number of carbonyl (C=O) groups is 1. The Labute approximate surface area is 222 Å². The fourth-order valence-corrected chi connectivity index (χ4v) is 6.23. The van der Waals surface area contributed by atoms with Gasteiger partial charge in [0.15, 0.2) is 0 Å². The summed E-state index contributed by atoms with van der Waals surface area (Å²) in [5.74, 6) is -0.489. The van der Waals surface area contributed by atoms with Crippen LogP contribution in [0.5, 0.6) is 5.75 Å². The SMILES string of the molecule is CC1=C(CN2CC(CF)(C(=O)O)C2)CCc2cc(OCc3cc(-c4ccccc4)c(C(F)(F)F)s3)ccc21. The van der Waals surface area contributed by atoms with Crippen molar-refractivity contribution in [1.29, 1.82) is 0 Å². The molecule has 1 N–H and O–H groups in total. The van der Waals surface area contributed by atoms with Crippen molar-refractivity contribution in [1.82, 2.24) is 4.90 Å². The number of aryl methyl sites for hydroxylation is 1. The van der Waals surface area contributed by atoms with Gasteiger partial charge in [-0.25, -0.2) is 4.39 Å². The Bertz CT molecular complexity index is 1370. The summed E-state index contributed by atoms with van der Waals surface area (Å²) in [6.45, 7) is 2.23. The molecule has 5 rings (SSSR count). The van der Waals surface area contributed by atoms with Crippen molar-refractivity contribution in [3.8, 4) is 16.9 Å². The van der Waals surface area contributed by atoms with E-state index in [1.807, 2.05) is 30.0 Å². The second kappa shape index (κ2) is 10.2. The number of nitrogens with zero attached hydrogens (tertiary/aromatic N) is 1. The summed E-state index contributed by atoms with van der Waals surface area (Å²) in [5.41, 5.74) is 3.90. The molecule has 200 valence electrons. The third-order valence-electron chi connectivity index (χ3n) is 7.39. The smallest absolute Gasteiger partial charge is 0.426 e. The fraction of sp³-hybridized carbons (Fsp3) is 0.345.